The average molecular weight is 308 g/mol. The molecule has 0 aliphatic carbocycles. The first-order valence-electron chi connectivity index (χ1n) is 6.78. The van der Waals surface area contributed by atoms with Crippen LogP contribution in [0.5, 0.6) is 0 Å². The minimum Gasteiger partial charge on any atom is -0.378 e. The normalized spacial score (nSPS) is 10.3. The van der Waals surface area contributed by atoms with Gasteiger partial charge in [-0.25, -0.2) is 0 Å². The van der Waals surface area contributed by atoms with Crippen molar-refractivity contribution in [2.45, 2.75) is 0 Å². The number of benzene rings is 2. The number of aliphatic imine (C=N–C) groups is 1. The number of hydrogen-bond acceptors (Lipinski definition) is 4. The van der Waals surface area contributed by atoms with Gasteiger partial charge < -0.3 is 4.90 Å². The highest BCUT2D eigenvalue weighted by Gasteiger charge is 2.02. The Balaban J connectivity index is 2.13. The van der Waals surface area contributed by atoms with Crippen LogP contribution in [-0.2, 0) is 0 Å². The SMILES string of the molecule is CN(C)c1ccc(C=CC(=O)c2cccc(N=C=S)c2)cc1. The van der Waals surface area contributed by atoms with Gasteiger partial charge >= 0.3 is 0 Å². The number of carbonyl (C=O) groups is 1. The molecular weight excluding hydrogens is 292 g/mol. The van der Waals surface area contributed by atoms with E-state index in [0.29, 0.717) is 11.3 Å². The quantitative estimate of drug-likeness (QED) is 0.355. The summed E-state index contributed by atoms with van der Waals surface area (Å²) in [6.07, 6.45) is 3.36. The van der Waals surface area contributed by atoms with E-state index in [-0.39, 0.29) is 5.78 Å². The van der Waals surface area contributed by atoms with Crippen molar-refractivity contribution < 1.29 is 4.79 Å². The second-order valence-corrected chi connectivity index (χ2v) is 5.12. The van der Waals surface area contributed by atoms with Gasteiger partial charge in [-0.15, -0.1) is 0 Å². The molecule has 0 radical (unpaired) electrons. The number of rotatable bonds is 5. The Labute approximate surface area is 135 Å². The summed E-state index contributed by atoms with van der Waals surface area (Å²) >= 11 is 4.57. The van der Waals surface area contributed by atoms with Crippen molar-refractivity contribution in [2.75, 3.05) is 19.0 Å². The summed E-state index contributed by atoms with van der Waals surface area (Å²) < 4.78 is 0. The molecule has 22 heavy (non-hydrogen) atoms. The van der Waals surface area contributed by atoms with E-state index in [9.17, 15) is 4.79 Å². The number of allylic oxidation sites excluding steroid dienone is 1. The topological polar surface area (TPSA) is 32.7 Å². The Morgan fingerprint density at radius 2 is 1.91 bits per heavy atom. The summed E-state index contributed by atoms with van der Waals surface area (Å²) in [6, 6.07) is 15.0. The molecule has 3 nitrogen and oxygen atoms in total. The molecule has 0 N–H and O–H groups in total. The maximum Gasteiger partial charge on any atom is 0.185 e. The lowest BCUT2D eigenvalue weighted by molar-refractivity contribution is 0.104. The third-order valence-corrected chi connectivity index (χ3v) is 3.23. The first-order chi connectivity index (χ1) is 10.6. The zero-order valence-corrected chi connectivity index (χ0v) is 13.3. The van der Waals surface area contributed by atoms with Gasteiger partial charge in [0.2, 0.25) is 0 Å². The smallest absolute Gasteiger partial charge is 0.185 e. The minimum atomic E-state index is -0.0712. The Hall–Kier alpha value is -2.55. The summed E-state index contributed by atoms with van der Waals surface area (Å²) in [4.78, 5) is 18.1. The molecule has 0 aliphatic heterocycles. The van der Waals surface area contributed by atoms with Crippen LogP contribution in [0.4, 0.5) is 11.4 Å². The van der Waals surface area contributed by atoms with Gasteiger partial charge in [-0.2, -0.15) is 4.99 Å². The van der Waals surface area contributed by atoms with E-state index in [0.717, 1.165) is 11.3 Å². The molecule has 0 spiro atoms. The van der Waals surface area contributed by atoms with E-state index in [1.54, 1.807) is 36.4 Å². The highest BCUT2D eigenvalue weighted by molar-refractivity contribution is 7.78. The average Bonchev–Trinajstić information content (AvgIpc) is 2.53. The van der Waals surface area contributed by atoms with Gasteiger partial charge in [0.1, 0.15) is 0 Å². The van der Waals surface area contributed by atoms with E-state index < -0.39 is 0 Å². The highest BCUT2D eigenvalue weighted by atomic mass is 32.1. The van der Waals surface area contributed by atoms with Gasteiger partial charge in [0.05, 0.1) is 10.8 Å². The van der Waals surface area contributed by atoms with Gasteiger partial charge in [-0.1, -0.05) is 30.3 Å². The van der Waals surface area contributed by atoms with E-state index in [2.05, 4.69) is 22.4 Å². The second kappa shape index (κ2) is 7.46. The lowest BCUT2D eigenvalue weighted by Gasteiger charge is -2.11. The molecule has 4 heteroatoms. The summed E-state index contributed by atoms with van der Waals surface area (Å²) in [7, 11) is 3.98. The van der Waals surface area contributed by atoms with Crippen LogP contribution in [-0.4, -0.2) is 25.0 Å². The Bertz CT molecular complexity index is 742. The lowest BCUT2D eigenvalue weighted by Crippen LogP contribution is -2.07. The molecule has 0 aliphatic rings. The summed E-state index contributed by atoms with van der Waals surface area (Å²) in [6.45, 7) is 0. The van der Waals surface area contributed by atoms with Crippen LogP contribution in [0.2, 0.25) is 0 Å². The van der Waals surface area contributed by atoms with Crippen molar-refractivity contribution in [3.8, 4) is 0 Å². The molecule has 2 rings (SSSR count). The van der Waals surface area contributed by atoms with Crippen LogP contribution in [0, 0.1) is 0 Å². The minimum absolute atomic E-state index is 0.0712. The zero-order chi connectivity index (χ0) is 15.9. The maximum absolute atomic E-state index is 12.2. The molecule has 0 fully saturated rings. The molecule has 0 atom stereocenters. The van der Waals surface area contributed by atoms with Crippen LogP contribution in [0.25, 0.3) is 6.08 Å². The van der Waals surface area contributed by atoms with Crippen LogP contribution >= 0.6 is 12.2 Å². The van der Waals surface area contributed by atoms with Crippen LogP contribution in [0.15, 0.2) is 59.6 Å². The van der Waals surface area contributed by atoms with Crippen LogP contribution < -0.4 is 4.90 Å². The van der Waals surface area contributed by atoms with Crippen molar-refractivity contribution in [3.05, 3.63) is 65.7 Å². The molecular formula is C18H16N2OS. The molecule has 0 saturated heterocycles. The largest absolute Gasteiger partial charge is 0.378 e. The second-order valence-electron chi connectivity index (χ2n) is 4.94. The molecule has 0 heterocycles. The van der Waals surface area contributed by atoms with Crippen molar-refractivity contribution in [1.29, 1.82) is 0 Å². The van der Waals surface area contributed by atoms with Gasteiger partial charge in [0.15, 0.2) is 5.78 Å². The molecule has 2 aromatic rings. The summed E-state index contributed by atoms with van der Waals surface area (Å²) in [5.41, 5.74) is 3.30. The third kappa shape index (κ3) is 4.22. The van der Waals surface area contributed by atoms with Crippen molar-refractivity contribution in [3.63, 3.8) is 0 Å². The number of ketones is 1. The van der Waals surface area contributed by atoms with Crippen molar-refractivity contribution in [1.82, 2.24) is 0 Å². The summed E-state index contributed by atoms with van der Waals surface area (Å²) in [5.74, 6) is -0.0712. The van der Waals surface area contributed by atoms with Crippen LogP contribution in [0.3, 0.4) is 0 Å². The van der Waals surface area contributed by atoms with Gasteiger partial charge in [-0.05, 0) is 48.1 Å². The van der Waals surface area contributed by atoms with Crippen molar-refractivity contribution in [2.24, 2.45) is 4.99 Å². The lowest BCUT2D eigenvalue weighted by atomic mass is 10.1. The van der Waals surface area contributed by atoms with Gasteiger partial charge in [0, 0.05) is 25.3 Å². The Morgan fingerprint density at radius 3 is 2.55 bits per heavy atom. The zero-order valence-electron chi connectivity index (χ0n) is 12.5. The molecule has 0 aromatic heterocycles. The monoisotopic (exact) mass is 308 g/mol. The fourth-order valence-electron chi connectivity index (χ4n) is 1.93. The number of thiocarbonyl (C=S) groups is 1. The molecule has 0 amide bonds. The molecule has 110 valence electrons. The number of anilines is 1. The summed E-state index contributed by atoms with van der Waals surface area (Å²) in [5, 5.41) is 2.30. The van der Waals surface area contributed by atoms with Crippen molar-refractivity contribution >= 4 is 40.6 Å². The van der Waals surface area contributed by atoms with E-state index in [4.69, 9.17) is 0 Å². The predicted octanol–water partition coefficient (Wildman–Crippen LogP) is 4.38. The van der Waals surface area contributed by atoms with E-state index >= 15 is 0 Å². The number of hydrogen-bond donors (Lipinski definition) is 0. The fourth-order valence-corrected chi connectivity index (χ4v) is 2.04. The van der Waals surface area contributed by atoms with Crippen LogP contribution in [0.1, 0.15) is 15.9 Å². The highest BCUT2D eigenvalue weighted by Crippen LogP contribution is 2.16. The molecule has 2 aromatic carbocycles. The van der Waals surface area contributed by atoms with E-state index in [1.807, 2.05) is 43.3 Å². The Morgan fingerprint density at radius 1 is 1.18 bits per heavy atom. The number of isothiocyanates is 1. The standard InChI is InChI=1S/C18H16N2OS/c1-20(2)17-9-6-14(7-10-17)8-11-18(21)15-4-3-5-16(12-15)19-13-22/h3-12H,1-2H3. The first-order valence-corrected chi connectivity index (χ1v) is 7.19. The Kier molecular flexibility index (Phi) is 5.37. The van der Waals surface area contributed by atoms with Gasteiger partial charge in [-0.3, -0.25) is 4.79 Å². The third-order valence-electron chi connectivity index (χ3n) is 3.14. The van der Waals surface area contributed by atoms with Gasteiger partial charge in [0.25, 0.3) is 0 Å². The molecule has 0 bridgehead atoms. The number of carbonyl (C=O) groups excluding carboxylic acids is 1. The number of nitrogens with zero attached hydrogens (tertiary/aromatic N) is 2. The molecule has 0 unspecified atom stereocenters. The fraction of sp³-hybridized carbons (Fsp3) is 0.111. The predicted molar refractivity (Wildman–Crippen MR) is 95.3 cm³/mol. The molecule has 0 saturated carbocycles. The van der Waals surface area contributed by atoms with E-state index in [1.165, 1.54) is 0 Å². The first kappa shape index (κ1) is 15.8. The maximum atomic E-state index is 12.2.